The molecule has 2 nitrogen and oxygen atoms in total. The van der Waals surface area contributed by atoms with Gasteiger partial charge in [-0.1, -0.05) is 58.0 Å². The summed E-state index contributed by atoms with van der Waals surface area (Å²) < 4.78 is 0. The quantitative estimate of drug-likeness (QED) is 0.809. The van der Waals surface area contributed by atoms with Crippen molar-refractivity contribution in [2.75, 3.05) is 0 Å². The molecule has 1 aromatic rings. The van der Waals surface area contributed by atoms with Crippen molar-refractivity contribution < 1.29 is 0 Å². The fourth-order valence-electron chi connectivity index (χ4n) is 3.46. The second-order valence-corrected chi connectivity index (χ2v) is 6.54. The van der Waals surface area contributed by atoms with Crippen LogP contribution in [0.4, 0.5) is 0 Å². The van der Waals surface area contributed by atoms with Gasteiger partial charge in [0.25, 0.3) is 0 Å². The number of benzene rings is 1. The summed E-state index contributed by atoms with van der Waals surface area (Å²) in [6.45, 7) is 10.9. The van der Waals surface area contributed by atoms with Crippen LogP contribution in [0.25, 0.3) is 0 Å². The minimum Gasteiger partial charge on any atom is -0.403 e. The third-order valence-electron chi connectivity index (χ3n) is 4.60. The molecule has 21 heavy (non-hydrogen) atoms. The van der Waals surface area contributed by atoms with Crippen LogP contribution in [0, 0.1) is 0 Å². The molecule has 1 aliphatic rings. The predicted octanol–water partition coefficient (Wildman–Crippen LogP) is 4.84. The van der Waals surface area contributed by atoms with E-state index in [1.54, 1.807) is 6.20 Å². The number of unbranched alkanes of at least 4 members (excludes halogenated alkanes) is 1. The van der Waals surface area contributed by atoms with Gasteiger partial charge in [0.05, 0.1) is 6.04 Å². The Morgan fingerprint density at radius 2 is 2.14 bits per heavy atom. The van der Waals surface area contributed by atoms with Crippen LogP contribution in [0.2, 0.25) is 0 Å². The predicted molar refractivity (Wildman–Crippen MR) is 90.7 cm³/mol. The average Bonchev–Trinajstić information content (AvgIpc) is 2.76. The van der Waals surface area contributed by atoms with Gasteiger partial charge in [-0.25, -0.2) is 0 Å². The zero-order chi connectivity index (χ0) is 15.5. The van der Waals surface area contributed by atoms with Crippen LogP contribution < -0.4 is 5.73 Å². The molecule has 0 radical (unpaired) electrons. The highest BCUT2D eigenvalue weighted by Gasteiger charge is 2.39. The summed E-state index contributed by atoms with van der Waals surface area (Å²) in [6, 6.07) is 9.12. The van der Waals surface area contributed by atoms with Gasteiger partial charge in [-0.05, 0) is 42.0 Å². The second kappa shape index (κ2) is 6.38. The molecule has 114 valence electrons. The third kappa shape index (κ3) is 2.99. The summed E-state index contributed by atoms with van der Waals surface area (Å²) in [5, 5.41) is 0. The highest BCUT2D eigenvalue weighted by Crippen LogP contribution is 2.48. The Labute approximate surface area is 129 Å². The molecule has 0 saturated heterocycles. The van der Waals surface area contributed by atoms with Crippen molar-refractivity contribution in [3.63, 3.8) is 0 Å². The van der Waals surface area contributed by atoms with Gasteiger partial charge in [-0.3, -0.25) is 0 Å². The van der Waals surface area contributed by atoms with Gasteiger partial charge in [0.2, 0.25) is 0 Å². The molecule has 0 spiro atoms. The van der Waals surface area contributed by atoms with Crippen molar-refractivity contribution in [3.05, 3.63) is 60.1 Å². The molecule has 1 atom stereocenters. The highest BCUT2D eigenvalue weighted by atomic mass is 15.2. The first kappa shape index (κ1) is 15.7. The lowest BCUT2D eigenvalue weighted by molar-refractivity contribution is 0.297. The lowest BCUT2D eigenvalue weighted by atomic mass is 9.86. The molecule has 2 heteroatoms. The normalized spacial score (nSPS) is 20.1. The van der Waals surface area contributed by atoms with Gasteiger partial charge in [0.15, 0.2) is 0 Å². The van der Waals surface area contributed by atoms with E-state index < -0.39 is 0 Å². The summed E-state index contributed by atoms with van der Waals surface area (Å²) in [5.74, 6) is 0. The van der Waals surface area contributed by atoms with Crippen molar-refractivity contribution in [1.29, 1.82) is 0 Å². The van der Waals surface area contributed by atoms with Crippen LogP contribution in [-0.4, -0.2) is 4.90 Å². The van der Waals surface area contributed by atoms with Crippen molar-refractivity contribution >= 4 is 0 Å². The molecule has 1 aliphatic carbocycles. The van der Waals surface area contributed by atoms with E-state index in [1.807, 2.05) is 6.20 Å². The fourth-order valence-corrected chi connectivity index (χ4v) is 3.46. The topological polar surface area (TPSA) is 29.3 Å². The number of rotatable bonds is 6. The smallest absolute Gasteiger partial charge is 0.0594 e. The van der Waals surface area contributed by atoms with Crippen molar-refractivity contribution in [2.24, 2.45) is 5.73 Å². The zero-order valence-electron chi connectivity index (χ0n) is 13.6. The summed E-state index contributed by atoms with van der Waals surface area (Å²) in [7, 11) is 0. The van der Waals surface area contributed by atoms with E-state index in [0.717, 1.165) is 19.3 Å². The number of nitrogens with two attached hydrogens (primary N) is 1. The monoisotopic (exact) mass is 284 g/mol. The second-order valence-electron chi connectivity index (χ2n) is 6.54. The molecule has 0 saturated carbocycles. The minimum absolute atomic E-state index is 0.201. The summed E-state index contributed by atoms with van der Waals surface area (Å²) >= 11 is 0. The Morgan fingerprint density at radius 1 is 1.43 bits per heavy atom. The van der Waals surface area contributed by atoms with Crippen molar-refractivity contribution in [1.82, 2.24) is 4.90 Å². The lowest BCUT2D eigenvalue weighted by Crippen LogP contribution is -2.24. The van der Waals surface area contributed by atoms with Crippen LogP contribution >= 0.6 is 0 Å². The van der Waals surface area contributed by atoms with Crippen molar-refractivity contribution in [3.8, 4) is 0 Å². The molecule has 0 heterocycles. The molecular formula is C19H28N2. The highest BCUT2D eigenvalue weighted by molar-refractivity contribution is 5.42. The summed E-state index contributed by atoms with van der Waals surface area (Å²) in [4.78, 5) is 2.28. The molecule has 0 bridgehead atoms. The van der Waals surface area contributed by atoms with E-state index >= 15 is 0 Å². The SMILES string of the molecule is C=CN(/C(=C\N)CCCC)C1CC(C)(C)c2ccccc21. The van der Waals surface area contributed by atoms with E-state index in [-0.39, 0.29) is 5.41 Å². The van der Waals surface area contributed by atoms with E-state index in [1.165, 1.54) is 23.2 Å². The minimum atomic E-state index is 0.201. The van der Waals surface area contributed by atoms with E-state index in [2.05, 4.69) is 56.5 Å². The Balaban J connectivity index is 2.34. The molecule has 1 unspecified atom stereocenters. The fraction of sp³-hybridized carbons (Fsp3) is 0.474. The molecule has 1 aromatic carbocycles. The van der Waals surface area contributed by atoms with Crippen molar-refractivity contribution in [2.45, 2.75) is 57.9 Å². The maximum absolute atomic E-state index is 5.89. The standard InChI is InChI=1S/C19H28N2/c1-5-7-10-15(14-20)21(6-2)18-13-19(3,4)17-12-9-8-11-16(17)18/h6,8-9,11-12,14,18H,2,5,7,10,13,20H2,1,3-4H3/b15-14-. The third-order valence-corrected chi connectivity index (χ3v) is 4.60. The average molecular weight is 284 g/mol. The van der Waals surface area contributed by atoms with Crippen LogP contribution in [0.15, 0.2) is 48.9 Å². The van der Waals surface area contributed by atoms with Crippen LogP contribution in [0.3, 0.4) is 0 Å². The van der Waals surface area contributed by atoms with Gasteiger partial charge in [-0.15, -0.1) is 0 Å². The first-order valence-electron chi connectivity index (χ1n) is 7.96. The lowest BCUT2D eigenvalue weighted by Gasteiger charge is -2.31. The summed E-state index contributed by atoms with van der Waals surface area (Å²) in [5.41, 5.74) is 10.1. The first-order chi connectivity index (χ1) is 10.0. The van der Waals surface area contributed by atoms with E-state index in [0.29, 0.717) is 6.04 Å². The van der Waals surface area contributed by atoms with Crippen LogP contribution in [-0.2, 0) is 5.41 Å². The van der Waals surface area contributed by atoms with Crippen LogP contribution in [0.1, 0.15) is 63.6 Å². The molecule has 0 amide bonds. The van der Waals surface area contributed by atoms with E-state index in [4.69, 9.17) is 5.73 Å². The Hall–Kier alpha value is -1.70. The Kier molecular flexibility index (Phi) is 4.76. The number of allylic oxidation sites excluding steroid dienone is 1. The number of hydrogen-bond donors (Lipinski definition) is 1. The Bertz CT molecular complexity index is 528. The maximum Gasteiger partial charge on any atom is 0.0594 e. The van der Waals surface area contributed by atoms with Gasteiger partial charge < -0.3 is 10.6 Å². The maximum atomic E-state index is 5.89. The number of hydrogen-bond acceptors (Lipinski definition) is 2. The number of nitrogens with zero attached hydrogens (tertiary/aromatic N) is 1. The largest absolute Gasteiger partial charge is 0.403 e. The molecular weight excluding hydrogens is 256 g/mol. The van der Waals surface area contributed by atoms with E-state index in [9.17, 15) is 0 Å². The molecule has 0 aliphatic heterocycles. The molecule has 2 rings (SSSR count). The zero-order valence-corrected chi connectivity index (χ0v) is 13.6. The molecule has 0 aromatic heterocycles. The van der Waals surface area contributed by atoms with Gasteiger partial charge >= 0.3 is 0 Å². The van der Waals surface area contributed by atoms with Gasteiger partial charge in [0.1, 0.15) is 0 Å². The molecule has 0 fully saturated rings. The number of fused-ring (bicyclic) bond motifs is 1. The first-order valence-corrected chi connectivity index (χ1v) is 7.96. The van der Waals surface area contributed by atoms with Crippen LogP contribution in [0.5, 0.6) is 0 Å². The van der Waals surface area contributed by atoms with Gasteiger partial charge in [0, 0.05) is 11.9 Å². The Morgan fingerprint density at radius 3 is 2.76 bits per heavy atom. The summed E-state index contributed by atoms with van der Waals surface area (Å²) in [6.07, 6.45) is 8.14. The van der Waals surface area contributed by atoms with Gasteiger partial charge in [-0.2, -0.15) is 0 Å². The molecule has 2 N–H and O–H groups in total.